The molecule has 3 heteroatoms. The Morgan fingerprint density at radius 2 is 1.58 bits per heavy atom. The first-order valence-corrected chi connectivity index (χ1v) is 7.21. The molecule has 0 unspecified atom stereocenters. The van der Waals surface area contributed by atoms with Gasteiger partial charge in [0, 0.05) is 5.56 Å². The van der Waals surface area contributed by atoms with E-state index in [0.717, 1.165) is 11.5 Å². The van der Waals surface area contributed by atoms with E-state index in [1.807, 2.05) is 48.5 Å². The number of hydrogen-bond donors (Lipinski definition) is 0. The Hall–Kier alpha value is -1.61. The van der Waals surface area contributed by atoms with Crippen molar-refractivity contribution in [2.45, 2.75) is 10.9 Å². The standard InChI is InChI=1S/C16H14BrNO/c17-14-11-19-16(13-9-5-2-6-10-13)18-15(14)12-7-3-1-4-8-12/h1-10,14-15H,11H2/t14-,15+/m0/s1. The number of nitrogens with zero attached hydrogens (tertiary/aromatic N) is 1. The summed E-state index contributed by atoms with van der Waals surface area (Å²) in [5.74, 6) is 0.727. The fourth-order valence-corrected chi connectivity index (χ4v) is 2.72. The quantitative estimate of drug-likeness (QED) is 0.768. The molecule has 1 aliphatic heterocycles. The number of rotatable bonds is 2. The summed E-state index contributed by atoms with van der Waals surface area (Å²) in [6, 6.07) is 20.5. The van der Waals surface area contributed by atoms with Crippen molar-refractivity contribution < 1.29 is 4.74 Å². The summed E-state index contributed by atoms with van der Waals surface area (Å²) >= 11 is 3.66. The van der Waals surface area contributed by atoms with Gasteiger partial charge in [0.15, 0.2) is 0 Å². The van der Waals surface area contributed by atoms with Crippen LogP contribution in [0.15, 0.2) is 65.7 Å². The number of hydrogen-bond acceptors (Lipinski definition) is 2. The van der Waals surface area contributed by atoms with Crippen LogP contribution < -0.4 is 0 Å². The van der Waals surface area contributed by atoms with Crippen LogP contribution in [-0.4, -0.2) is 17.3 Å². The van der Waals surface area contributed by atoms with E-state index < -0.39 is 0 Å². The average molecular weight is 316 g/mol. The summed E-state index contributed by atoms with van der Waals surface area (Å²) < 4.78 is 5.73. The zero-order chi connectivity index (χ0) is 13.1. The first-order valence-electron chi connectivity index (χ1n) is 6.29. The van der Waals surface area contributed by atoms with E-state index in [4.69, 9.17) is 9.73 Å². The van der Waals surface area contributed by atoms with Gasteiger partial charge in [0.25, 0.3) is 0 Å². The third-order valence-electron chi connectivity index (χ3n) is 3.14. The third kappa shape index (κ3) is 2.71. The van der Waals surface area contributed by atoms with Gasteiger partial charge in [-0.15, -0.1) is 0 Å². The molecule has 3 rings (SSSR count). The molecule has 0 N–H and O–H groups in total. The molecule has 2 atom stereocenters. The number of halogens is 1. The minimum Gasteiger partial charge on any atom is -0.476 e. The first kappa shape index (κ1) is 12.4. The molecular weight excluding hydrogens is 302 g/mol. The Balaban J connectivity index is 1.96. The summed E-state index contributed by atoms with van der Waals surface area (Å²) in [6.07, 6.45) is 0. The Morgan fingerprint density at radius 1 is 0.947 bits per heavy atom. The van der Waals surface area contributed by atoms with Crippen LogP contribution in [0.1, 0.15) is 17.2 Å². The molecule has 0 fully saturated rings. The molecule has 0 radical (unpaired) electrons. The minimum atomic E-state index is 0.102. The second kappa shape index (κ2) is 5.57. The summed E-state index contributed by atoms with van der Waals surface area (Å²) in [5.41, 5.74) is 2.24. The lowest BCUT2D eigenvalue weighted by Crippen LogP contribution is -2.27. The van der Waals surface area contributed by atoms with E-state index in [9.17, 15) is 0 Å². The molecular formula is C16H14BrNO. The van der Waals surface area contributed by atoms with Crippen LogP contribution in [0.4, 0.5) is 0 Å². The maximum Gasteiger partial charge on any atom is 0.216 e. The van der Waals surface area contributed by atoms with Crippen molar-refractivity contribution in [2.75, 3.05) is 6.61 Å². The Morgan fingerprint density at radius 3 is 2.26 bits per heavy atom. The Kier molecular flexibility index (Phi) is 3.65. The van der Waals surface area contributed by atoms with E-state index in [2.05, 4.69) is 28.1 Å². The van der Waals surface area contributed by atoms with Crippen LogP contribution in [0.3, 0.4) is 0 Å². The number of benzene rings is 2. The van der Waals surface area contributed by atoms with Gasteiger partial charge >= 0.3 is 0 Å². The maximum absolute atomic E-state index is 5.73. The fraction of sp³-hybridized carbons (Fsp3) is 0.188. The molecule has 2 nitrogen and oxygen atoms in total. The average Bonchev–Trinajstić information content (AvgIpc) is 2.49. The van der Waals surface area contributed by atoms with Crippen LogP contribution >= 0.6 is 15.9 Å². The number of alkyl halides is 1. The molecule has 0 spiro atoms. The van der Waals surface area contributed by atoms with Crippen molar-refractivity contribution in [3.63, 3.8) is 0 Å². The van der Waals surface area contributed by atoms with Crippen molar-refractivity contribution in [1.29, 1.82) is 0 Å². The third-order valence-corrected chi connectivity index (χ3v) is 3.91. The molecule has 96 valence electrons. The molecule has 1 heterocycles. The predicted molar refractivity (Wildman–Crippen MR) is 80.8 cm³/mol. The normalized spacial score (nSPS) is 22.5. The summed E-state index contributed by atoms with van der Waals surface area (Å²) in [6.45, 7) is 0.632. The minimum absolute atomic E-state index is 0.102. The summed E-state index contributed by atoms with van der Waals surface area (Å²) in [5, 5.41) is 0. The Labute approximate surface area is 121 Å². The zero-order valence-electron chi connectivity index (χ0n) is 10.4. The lowest BCUT2D eigenvalue weighted by atomic mass is 10.0. The van der Waals surface area contributed by atoms with Gasteiger partial charge in [0.05, 0.1) is 10.9 Å². The molecule has 19 heavy (non-hydrogen) atoms. The van der Waals surface area contributed by atoms with Gasteiger partial charge < -0.3 is 4.74 Å². The highest BCUT2D eigenvalue weighted by atomic mass is 79.9. The van der Waals surface area contributed by atoms with E-state index in [0.29, 0.717) is 6.61 Å². The highest BCUT2D eigenvalue weighted by Gasteiger charge is 2.26. The van der Waals surface area contributed by atoms with Crippen LogP contribution in [-0.2, 0) is 4.74 Å². The molecule has 2 aromatic carbocycles. The topological polar surface area (TPSA) is 21.6 Å². The Bertz CT molecular complexity index is 568. The lowest BCUT2D eigenvalue weighted by Gasteiger charge is -2.26. The molecule has 2 aromatic rings. The highest BCUT2D eigenvalue weighted by molar-refractivity contribution is 9.09. The number of aliphatic imine (C=N–C) groups is 1. The van der Waals surface area contributed by atoms with Gasteiger partial charge in [-0.2, -0.15) is 0 Å². The molecule has 1 aliphatic rings. The van der Waals surface area contributed by atoms with Gasteiger partial charge in [0.2, 0.25) is 5.90 Å². The monoisotopic (exact) mass is 315 g/mol. The molecule has 0 aliphatic carbocycles. The maximum atomic E-state index is 5.73. The van der Waals surface area contributed by atoms with Crippen LogP contribution in [0.2, 0.25) is 0 Å². The molecule has 0 aromatic heterocycles. The lowest BCUT2D eigenvalue weighted by molar-refractivity contribution is 0.271. The van der Waals surface area contributed by atoms with Crippen molar-refractivity contribution in [1.82, 2.24) is 0 Å². The van der Waals surface area contributed by atoms with Gasteiger partial charge in [-0.25, -0.2) is 4.99 Å². The van der Waals surface area contributed by atoms with E-state index in [1.165, 1.54) is 5.56 Å². The smallest absolute Gasteiger partial charge is 0.216 e. The SMILES string of the molecule is Br[C@H]1COC(c2ccccc2)=N[C@@H]1c1ccccc1. The van der Waals surface area contributed by atoms with Gasteiger partial charge in [-0.05, 0) is 17.7 Å². The van der Waals surface area contributed by atoms with Crippen LogP contribution in [0, 0.1) is 0 Å². The van der Waals surface area contributed by atoms with E-state index >= 15 is 0 Å². The van der Waals surface area contributed by atoms with Crippen molar-refractivity contribution >= 4 is 21.8 Å². The molecule has 0 saturated carbocycles. The number of ether oxygens (including phenoxy) is 1. The first-order chi connectivity index (χ1) is 9.34. The fourth-order valence-electron chi connectivity index (χ4n) is 2.17. The molecule has 0 bridgehead atoms. The van der Waals surface area contributed by atoms with Gasteiger partial charge in [-0.3, -0.25) is 0 Å². The summed E-state index contributed by atoms with van der Waals surface area (Å²) in [7, 11) is 0. The van der Waals surface area contributed by atoms with Gasteiger partial charge in [0.1, 0.15) is 6.61 Å². The van der Waals surface area contributed by atoms with Crippen molar-refractivity contribution in [3.05, 3.63) is 71.8 Å². The van der Waals surface area contributed by atoms with Crippen LogP contribution in [0.5, 0.6) is 0 Å². The second-order valence-electron chi connectivity index (χ2n) is 4.48. The predicted octanol–water partition coefficient (Wildman–Crippen LogP) is 3.97. The van der Waals surface area contributed by atoms with E-state index in [-0.39, 0.29) is 10.9 Å². The second-order valence-corrected chi connectivity index (χ2v) is 5.66. The van der Waals surface area contributed by atoms with E-state index in [1.54, 1.807) is 0 Å². The largest absolute Gasteiger partial charge is 0.476 e. The molecule has 0 amide bonds. The molecule has 0 saturated heterocycles. The summed E-state index contributed by atoms with van der Waals surface area (Å²) in [4.78, 5) is 4.96. The zero-order valence-corrected chi connectivity index (χ0v) is 12.0. The van der Waals surface area contributed by atoms with Crippen molar-refractivity contribution in [3.8, 4) is 0 Å². The highest BCUT2D eigenvalue weighted by Crippen LogP contribution is 2.31. The van der Waals surface area contributed by atoms with Gasteiger partial charge in [-0.1, -0.05) is 64.5 Å². The van der Waals surface area contributed by atoms with Crippen LogP contribution in [0.25, 0.3) is 0 Å². The van der Waals surface area contributed by atoms with Crippen molar-refractivity contribution in [2.24, 2.45) is 4.99 Å².